The third kappa shape index (κ3) is 4.10. The van der Waals surface area contributed by atoms with Gasteiger partial charge in [-0.05, 0) is 44.4 Å². The molecule has 10 heteroatoms. The maximum atomic E-state index is 12.2. The van der Waals surface area contributed by atoms with Gasteiger partial charge < -0.3 is 15.5 Å². The Morgan fingerprint density at radius 1 is 1.06 bits per heavy atom. The molecule has 0 radical (unpaired) electrons. The molecular weight excluding hydrogens is 394 g/mol. The summed E-state index contributed by atoms with van der Waals surface area (Å²) in [4.78, 5) is 23.2. The van der Waals surface area contributed by atoms with Gasteiger partial charge in [0.05, 0.1) is 16.9 Å². The van der Waals surface area contributed by atoms with Crippen molar-refractivity contribution in [1.82, 2.24) is 39.7 Å². The summed E-state index contributed by atoms with van der Waals surface area (Å²) in [6, 6.07) is 9.56. The molecule has 0 aliphatic heterocycles. The molecule has 3 heterocycles. The standard InChI is InChI=1S/C21H25N9O/c1-22-20(31)19-15-10-13(6-7-18(15)30(5)27-19)24-21-23-9-8-16(25-21)17-11-14(12-28(2)3)29(4)26-17/h6-11H,12H2,1-5H3,(H,22,31)(H,23,24,25). The normalized spacial score (nSPS) is 11.3. The fourth-order valence-corrected chi connectivity index (χ4v) is 3.42. The van der Waals surface area contributed by atoms with E-state index in [1.165, 1.54) is 0 Å². The van der Waals surface area contributed by atoms with Crippen molar-refractivity contribution in [2.75, 3.05) is 26.5 Å². The Kier molecular flexibility index (Phi) is 5.38. The quantitative estimate of drug-likeness (QED) is 0.492. The van der Waals surface area contributed by atoms with Crippen LogP contribution in [0.4, 0.5) is 11.6 Å². The van der Waals surface area contributed by atoms with Crippen LogP contribution in [0.15, 0.2) is 36.5 Å². The molecule has 4 rings (SSSR count). The Labute approximate surface area is 179 Å². The van der Waals surface area contributed by atoms with Crippen molar-refractivity contribution in [3.8, 4) is 11.4 Å². The molecule has 31 heavy (non-hydrogen) atoms. The van der Waals surface area contributed by atoms with Crippen LogP contribution in [0.3, 0.4) is 0 Å². The van der Waals surface area contributed by atoms with Crippen LogP contribution in [-0.4, -0.2) is 61.5 Å². The van der Waals surface area contributed by atoms with E-state index in [0.29, 0.717) is 11.6 Å². The van der Waals surface area contributed by atoms with Crippen molar-refractivity contribution >= 4 is 28.4 Å². The van der Waals surface area contributed by atoms with Crippen LogP contribution in [0.1, 0.15) is 16.2 Å². The first-order valence-corrected chi connectivity index (χ1v) is 9.82. The minimum Gasteiger partial charge on any atom is -0.354 e. The highest BCUT2D eigenvalue weighted by Gasteiger charge is 2.16. The zero-order valence-corrected chi connectivity index (χ0v) is 18.2. The maximum absolute atomic E-state index is 12.2. The second-order valence-corrected chi connectivity index (χ2v) is 7.56. The second kappa shape index (κ2) is 8.15. The van der Waals surface area contributed by atoms with Crippen molar-refractivity contribution < 1.29 is 4.79 Å². The van der Waals surface area contributed by atoms with Gasteiger partial charge in [0.25, 0.3) is 5.91 Å². The zero-order chi connectivity index (χ0) is 22.1. The number of aromatic nitrogens is 6. The molecule has 1 amide bonds. The predicted molar refractivity (Wildman–Crippen MR) is 119 cm³/mol. The molecule has 0 aliphatic rings. The van der Waals surface area contributed by atoms with Gasteiger partial charge in [0.1, 0.15) is 5.69 Å². The molecule has 160 valence electrons. The lowest BCUT2D eigenvalue weighted by molar-refractivity contribution is 0.0959. The minimum absolute atomic E-state index is 0.232. The Bertz CT molecular complexity index is 1260. The monoisotopic (exact) mass is 419 g/mol. The van der Waals surface area contributed by atoms with Crippen molar-refractivity contribution in [2.45, 2.75) is 6.54 Å². The Morgan fingerprint density at radius 2 is 1.87 bits per heavy atom. The summed E-state index contributed by atoms with van der Waals surface area (Å²) in [6.45, 7) is 0.790. The molecule has 10 nitrogen and oxygen atoms in total. The number of benzene rings is 1. The lowest BCUT2D eigenvalue weighted by Gasteiger charge is -2.08. The number of anilines is 2. The van der Waals surface area contributed by atoms with Gasteiger partial charge in [0, 0.05) is 45.0 Å². The average Bonchev–Trinajstić information content (AvgIpc) is 3.27. The van der Waals surface area contributed by atoms with E-state index < -0.39 is 0 Å². The van der Waals surface area contributed by atoms with E-state index in [2.05, 4.69) is 35.7 Å². The molecule has 0 atom stereocenters. The first-order chi connectivity index (χ1) is 14.9. The van der Waals surface area contributed by atoms with Crippen LogP contribution in [0.25, 0.3) is 22.3 Å². The topological polar surface area (TPSA) is 106 Å². The molecule has 0 bridgehead atoms. The first-order valence-electron chi connectivity index (χ1n) is 9.82. The van der Waals surface area contributed by atoms with Gasteiger partial charge >= 0.3 is 0 Å². The number of rotatable bonds is 6. The molecule has 0 unspecified atom stereocenters. The summed E-state index contributed by atoms with van der Waals surface area (Å²) in [6.07, 6.45) is 1.70. The minimum atomic E-state index is -0.232. The first kappa shape index (κ1) is 20.5. The molecule has 0 fully saturated rings. The van der Waals surface area contributed by atoms with Gasteiger partial charge in [0.15, 0.2) is 5.69 Å². The van der Waals surface area contributed by atoms with Crippen LogP contribution in [0.5, 0.6) is 0 Å². The van der Waals surface area contributed by atoms with E-state index in [-0.39, 0.29) is 5.91 Å². The predicted octanol–water partition coefficient (Wildman–Crippen LogP) is 1.93. The van der Waals surface area contributed by atoms with Crippen LogP contribution < -0.4 is 10.6 Å². The molecule has 0 saturated carbocycles. The summed E-state index contributed by atoms with van der Waals surface area (Å²) in [7, 11) is 9.37. The molecule has 1 aromatic carbocycles. The van der Waals surface area contributed by atoms with E-state index in [0.717, 1.165) is 40.2 Å². The lowest BCUT2D eigenvalue weighted by atomic mass is 10.2. The molecule has 0 spiro atoms. The Morgan fingerprint density at radius 3 is 2.61 bits per heavy atom. The van der Waals surface area contributed by atoms with Crippen molar-refractivity contribution in [2.24, 2.45) is 14.1 Å². The van der Waals surface area contributed by atoms with Crippen molar-refractivity contribution in [3.63, 3.8) is 0 Å². The summed E-state index contributed by atoms with van der Waals surface area (Å²) >= 11 is 0. The second-order valence-electron chi connectivity index (χ2n) is 7.56. The van der Waals surface area contributed by atoms with Crippen LogP contribution >= 0.6 is 0 Å². The number of carbonyl (C=O) groups excluding carboxylic acids is 1. The largest absolute Gasteiger partial charge is 0.354 e. The number of nitrogens with zero attached hydrogens (tertiary/aromatic N) is 7. The Hall–Kier alpha value is -3.79. The highest BCUT2D eigenvalue weighted by Crippen LogP contribution is 2.25. The van der Waals surface area contributed by atoms with Gasteiger partial charge in [-0.1, -0.05) is 0 Å². The van der Waals surface area contributed by atoms with Gasteiger partial charge in [-0.25, -0.2) is 9.97 Å². The molecule has 4 aromatic rings. The number of carbonyl (C=O) groups is 1. The highest BCUT2D eigenvalue weighted by atomic mass is 16.1. The molecular formula is C21H25N9O. The van der Waals surface area contributed by atoms with Gasteiger partial charge in [0.2, 0.25) is 5.95 Å². The van der Waals surface area contributed by atoms with E-state index in [1.54, 1.807) is 17.9 Å². The van der Waals surface area contributed by atoms with Gasteiger partial charge in [-0.3, -0.25) is 14.2 Å². The summed E-state index contributed by atoms with van der Waals surface area (Å²) in [5.41, 5.74) is 4.61. The van der Waals surface area contributed by atoms with Crippen molar-refractivity contribution in [3.05, 3.63) is 47.9 Å². The van der Waals surface area contributed by atoms with Crippen LogP contribution in [0, 0.1) is 0 Å². The molecule has 0 aliphatic carbocycles. The number of hydrogen-bond acceptors (Lipinski definition) is 7. The maximum Gasteiger partial charge on any atom is 0.272 e. The van der Waals surface area contributed by atoms with Crippen molar-refractivity contribution in [1.29, 1.82) is 0 Å². The fraction of sp³-hybridized carbons (Fsp3) is 0.286. The van der Waals surface area contributed by atoms with E-state index in [9.17, 15) is 4.79 Å². The van der Waals surface area contributed by atoms with Crippen LogP contribution in [0.2, 0.25) is 0 Å². The lowest BCUT2D eigenvalue weighted by Crippen LogP contribution is -2.18. The smallest absolute Gasteiger partial charge is 0.272 e. The number of hydrogen-bond donors (Lipinski definition) is 2. The molecule has 2 N–H and O–H groups in total. The number of fused-ring (bicyclic) bond motifs is 1. The summed E-state index contributed by atoms with van der Waals surface area (Å²) in [5.74, 6) is 0.215. The fourth-order valence-electron chi connectivity index (χ4n) is 3.42. The van der Waals surface area contributed by atoms with Crippen LogP contribution in [-0.2, 0) is 20.6 Å². The average molecular weight is 419 g/mol. The van der Waals surface area contributed by atoms with Gasteiger partial charge in [-0.15, -0.1) is 0 Å². The zero-order valence-electron chi connectivity index (χ0n) is 18.2. The summed E-state index contributed by atoms with van der Waals surface area (Å²) in [5, 5.41) is 15.5. The SMILES string of the molecule is CNC(=O)c1nn(C)c2ccc(Nc3nccc(-c4cc(CN(C)C)n(C)n4)n3)cc12. The number of nitrogens with one attached hydrogen (secondary N) is 2. The van der Waals surface area contributed by atoms with E-state index in [1.807, 2.05) is 63.2 Å². The molecule has 3 aromatic heterocycles. The van der Waals surface area contributed by atoms with E-state index in [4.69, 9.17) is 0 Å². The third-order valence-electron chi connectivity index (χ3n) is 4.92. The van der Waals surface area contributed by atoms with E-state index >= 15 is 0 Å². The Balaban J connectivity index is 1.64. The number of amides is 1. The highest BCUT2D eigenvalue weighted by molar-refractivity contribution is 6.05. The molecule has 0 saturated heterocycles. The summed E-state index contributed by atoms with van der Waals surface area (Å²) < 4.78 is 3.55. The number of aryl methyl sites for hydroxylation is 2. The van der Waals surface area contributed by atoms with Gasteiger partial charge in [-0.2, -0.15) is 10.2 Å². The third-order valence-corrected chi connectivity index (χ3v) is 4.92.